The zero-order valence-corrected chi connectivity index (χ0v) is 16.0. The second-order valence-electron chi connectivity index (χ2n) is 6.07. The minimum Gasteiger partial charge on any atom is -0.481 e. The molecule has 1 unspecified atom stereocenters. The van der Waals surface area contributed by atoms with Gasteiger partial charge in [0.1, 0.15) is 5.75 Å². The van der Waals surface area contributed by atoms with Crippen molar-refractivity contribution in [2.45, 2.75) is 31.3 Å². The average Bonchev–Trinajstić information content (AvgIpc) is 2.61. The molecule has 8 heteroatoms. The van der Waals surface area contributed by atoms with Gasteiger partial charge in [-0.2, -0.15) is 0 Å². The first-order valence-corrected chi connectivity index (χ1v) is 9.88. The Morgan fingerprint density at radius 2 is 1.67 bits per heavy atom. The van der Waals surface area contributed by atoms with E-state index in [1.165, 1.54) is 19.1 Å². The zero-order chi connectivity index (χ0) is 20.0. The van der Waals surface area contributed by atoms with Gasteiger partial charge in [-0.15, -0.1) is 0 Å². The van der Waals surface area contributed by atoms with E-state index in [-0.39, 0.29) is 16.6 Å². The topological polar surface area (TPSA) is 116 Å². The Balaban J connectivity index is 1.81. The molecule has 0 heterocycles. The molecule has 0 saturated heterocycles. The van der Waals surface area contributed by atoms with Crippen LogP contribution in [0.4, 0.5) is 0 Å². The van der Waals surface area contributed by atoms with Crippen molar-refractivity contribution in [2.24, 2.45) is 5.14 Å². The molecule has 0 aliphatic rings. The van der Waals surface area contributed by atoms with Crippen LogP contribution < -0.4 is 15.2 Å². The van der Waals surface area contributed by atoms with Crippen molar-refractivity contribution in [3.8, 4) is 5.75 Å². The Hall–Kier alpha value is -2.71. The van der Waals surface area contributed by atoms with Gasteiger partial charge in [-0.3, -0.25) is 9.59 Å². The third-order valence-corrected chi connectivity index (χ3v) is 4.84. The summed E-state index contributed by atoms with van der Waals surface area (Å²) < 4.78 is 28.0. The molecular weight excluding hydrogens is 368 g/mol. The van der Waals surface area contributed by atoms with Crippen LogP contribution >= 0.6 is 0 Å². The Morgan fingerprint density at radius 1 is 1.07 bits per heavy atom. The van der Waals surface area contributed by atoms with Gasteiger partial charge >= 0.3 is 0 Å². The number of rotatable bonds is 8. The van der Waals surface area contributed by atoms with E-state index >= 15 is 0 Å². The lowest BCUT2D eigenvalue weighted by atomic mass is 10.1. The van der Waals surface area contributed by atoms with Crippen LogP contribution in [0.2, 0.25) is 0 Å². The fourth-order valence-electron chi connectivity index (χ4n) is 2.35. The molecular formula is C19H22N2O5S. The number of nitrogens with two attached hydrogens (primary N) is 1. The molecule has 7 nitrogen and oxygen atoms in total. The quantitative estimate of drug-likeness (QED) is 0.665. The number of benzene rings is 2. The third kappa shape index (κ3) is 6.19. The Labute approximate surface area is 158 Å². The van der Waals surface area contributed by atoms with Gasteiger partial charge in [0.05, 0.1) is 4.90 Å². The van der Waals surface area contributed by atoms with Gasteiger partial charge in [0, 0.05) is 12.1 Å². The number of carbonyl (C=O) groups is 2. The highest BCUT2D eigenvalue weighted by molar-refractivity contribution is 7.89. The van der Waals surface area contributed by atoms with Crippen LogP contribution in [0.3, 0.4) is 0 Å². The van der Waals surface area contributed by atoms with Crippen LogP contribution in [0.1, 0.15) is 29.8 Å². The predicted molar refractivity (Wildman–Crippen MR) is 101 cm³/mol. The lowest BCUT2D eigenvalue weighted by Gasteiger charge is -2.15. The van der Waals surface area contributed by atoms with Crippen LogP contribution in [0.5, 0.6) is 5.75 Å². The van der Waals surface area contributed by atoms with Crippen LogP contribution in [0.15, 0.2) is 53.4 Å². The summed E-state index contributed by atoms with van der Waals surface area (Å²) in [6.07, 6.45) is -0.158. The summed E-state index contributed by atoms with van der Waals surface area (Å²) in [7, 11) is -3.71. The second-order valence-corrected chi connectivity index (χ2v) is 7.63. The molecule has 1 amide bonds. The molecule has 0 spiro atoms. The molecule has 0 fully saturated rings. The van der Waals surface area contributed by atoms with Gasteiger partial charge in [-0.1, -0.05) is 12.1 Å². The van der Waals surface area contributed by atoms with E-state index in [1.807, 2.05) is 0 Å². The molecule has 0 aliphatic carbocycles. The molecule has 2 rings (SSSR count). The first-order valence-electron chi connectivity index (χ1n) is 8.34. The Bertz CT molecular complexity index is 906. The molecule has 3 N–H and O–H groups in total. The van der Waals surface area contributed by atoms with E-state index in [1.54, 1.807) is 43.3 Å². The molecule has 27 heavy (non-hydrogen) atoms. The van der Waals surface area contributed by atoms with Gasteiger partial charge in [0.2, 0.25) is 10.0 Å². The smallest absolute Gasteiger partial charge is 0.260 e. The molecule has 0 bridgehead atoms. The maximum Gasteiger partial charge on any atom is 0.260 e. The molecule has 0 radical (unpaired) electrons. The number of nitrogens with one attached hydrogen (secondary N) is 1. The van der Waals surface area contributed by atoms with Crippen molar-refractivity contribution in [2.75, 3.05) is 6.54 Å². The molecule has 0 aromatic heterocycles. The summed E-state index contributed by atoms with van der Waals surface area (Å²) in [6, 6.07) is 12.8. The maximum atomic E-state index is 12.1. The van der Waals surface area contributed by atoms with Crippen LogP contribution in [-0.2, 0) is 21.2 Å². The molecule has 0 aliphatic heterocycles. The van der Waals surface area contributed by atoms with E-state index in [0.717, 1.165) is 5.56 Å². The van der Waals surface area contributed by atoms with E-state index in [2.05, 4.69) is 5.32 Å². The number of hydrogen-bond donors (Lipinski definition) is 2. The number of hydrogen-bond acceptors (Lipinski definition) is 5. The Kier molecular flexibility index (Phi) is 6.70. The highest BCUT2D eigenvalue weighted by Crippen LogP contribution is 2.14. The maximum absolute atomic E-state index is 12.1. The molecule has 144 valence electrons. The number of ketones is 1. The van der Waals surface area contributed by atoms with E-state index in [4.69, 9.17) is 9.88 Å². The third-order valence-electron chi connectivity index (χ3n) is 3.91. The summed E-state index contributed by atoms with van der Waals surface area (Å²) in [6.45, 7) is 3.49. The number of primary sulfonamides is 1. The van der Waals surface area contributed by atoms with Crippen molar-refractivity contribution in [1.82, 2.24) is 5.32 Å². The van der Waals surface area contributed by atoms with E-state index in [0.29, 0.717) is 24.3 Å². The summed E-state index contributed by atoms with van der Waals surface area (Å²) >= 11 is 0. The van der Waals surface area contributed by atoms with Crippen LogP contribution in [-0.4, -0.2) is 32.8 Å². The lowest BCUT2D eigenvalue weighted by Crippen LogP contribution is -2.37. The minimum absolute atomic E-state index is 0.0376. The van der Waals surface area contributed by atoms with E-state index < -0.39 is 16.1 Å². The van der Waals surface area contributed by atoms with Gasteiger partial charge in [-0.25, -0.2) is 13.6 Å². The van der Waals surface area contributed by atoms with Crippen molar-refractivity contribution >= 4 is 21.7 Å². The van der Waals surface area contributed by atoms with Crippen molar-refractivity contribution in [3.05, 3.63) is 59.7 Å². The van der Waals surface area contributed by atoms with Crippen molar-refractivity contribution in [3.63, 3.8) is 0 Å². The highest BCUT2D eigenvalue weighted by Gasteiger charge is 2.14. The zero-order valence-electron chi connectivity index (χ0n) is 15.1. The minimum atomic E-state index is -3.71. The summed E-state index contributed by atoms with van der Waals surface area (Å²) in [5.41, 5.74) is 1.45. The first-order chi connectivity index (χ1) is 12.7. The van der Waals surface area contributed by atoms with Gasteiger partial charge in [0.15, 0.2) is 11.9 Å². The van der Waals surface area contributed by atoms with Gasteiger partial charge in [0.25, 0.3) is 5.91 Å². The van der Waals surface area contributed by atoms with Crippen molar-refractivity contribution in [1.29, 1.82) is 0 Å². The number of amides is 1. The largest absolute Gasteiger partial charge is 0.481 e. The summed E-state index contributed by atoms with van der Waals surface area (Å²) in [4.78, 5) is 23.4. The van der Waals surface area contributed by atoms with Crippen molar-refractivity contribution < 1.29 is 22.7 Å². The Morgan fingerprint density at radius 3 is 2.19 bits per heavy atom. The fraction of sp³-hybridized carbons (Fsp3) is 0.263. The lowest BCUT2D eigenvalue weighted by molar-refractivity contribution is -0.127. The monoisotopic (exact) mass is 390 g/mol. The van der Waals surface area contributed by atoms with E-state index in [9.17, 15) is 18.0 Å². The SMILES string of the molecule is CC(=O)c1ccc(OC(C)C(=O)NCCc2ccc(S(N)(=O)=O)cc2)cc1. The fourth-order valence-corrected chi connectivity index (χ4v) is 2.86. The predicted octanol–water partition coefficient (Wildman–Crippen LogP) is 1.66. The first kappa shape index (κ1) is 20.6. The number of carbonyl (C=O) groups excluding carboxylic acids is 2. The normalized spacial score (nSPS) is 12.3. The van der Waals surface area contributed by atoms with Gasteiger partial charge < -0.3 is 10.1 Å². The number of sulfonamides is 1. The van der Waals surface area contributed by atoms with Crippen LogP contribution in [0, 0.1) is 0 Å². The summed E-state index contributed by atoms with van der Waals surface area (Å²) in [5, 5.41) is 7.82. The number of ether oxygens (including phenoxy) is 1. The summed E-state index contributed by atoms with van der Waals surface area (Å²) in [5.74, 6) is 0.192. The highest BCUT2D eigenvalue weighted by atomic mass is 32.2. The molecule has 0 saturated carbocycles. The standard InChI is InChI=1S/C19H22N2O5S/c1-13(22)16-5-7-17(8-6-16)26-14(2)19(23)21-12-11-15-3-9-18(10-4-15)27(20,24)25/h3-10,14H,11-12H2,1-2H3,(H,21,23)(H2,20,24,25). The van der Waals surface area contributed by atoms with Gasteiger partial charge in [-0.05, 0) is 62.2 Å². The number of Topliss-reactive ketones (excluding diaryl/α,β-unsaturated/α-hetero) is 1. The van der Waals surface area contributed by atoms with Crippen LogP contribution in [0.25, 0.3) is 0 Å². The average molecular weight is 390 g/mol. The molecule has 2 aromatic carbocycles. The second kappa shape index (κ2) is 8.79. The molecule has 1 atom stereocenters. The molecule has 2 aromatic rings.